The van der Waals surface area contributed by atoms with Gasteiger partial charge < -0.3 is 27.5 Å². The fourth-order valence-electron chi connectivity index (χ4n) is 18.3. The van der Waals surface area contributed by atoms with E-state index in [0.29, 0.717) is 0 Å². The van der Waals surface area contributed by atoms with E-state index in [9.17, 15) is 0 Å². The number of anilines is 6. The molecule has 0 unspecified atom stereocenters. The maximum atomic E-state index is 6.58. The second-order valence-corrected chi connectivity index (χ2v) is 28.7. The Hall–Kier alpha value is -14.4. The molecule has 0 amide bonds. The van der Waals surface area contributed by atoms with Crippen LogP contribution in [-0.4, -0.2) is 6.71 Å². The number of benzene rings is 17. The van der Waals surface area contributed by atoms with Gasteiger partial charge in [-0.3, -0.25) is 0 Å². The molecule has 21 aromatic rings. The van der Waals surface area contributed by atoms with Gasteiger partial charge in [0.25, 0.3) is 6.71 Å². The summed E-state index contributed by atoms with van der Waals surface area (Å²) in [5.41, 5.74) is 35.2. The number of furan rings is 4. The largest absolute Gasteiger partial charge is 0.456 e. The van der Waals surface area contributed by atoms with E-state index in [1.54, 1.807) is 0 Å². The topological polar surface area (TPSA) is 59.0 Å². The zero-order valence-electron chi connectivity index (χ0n) is 58.8. The summed E-state index contributed by atoms with van der Waals surface area (Å²) in [5, 5.41) is 8.85. The van der Waals surface area contributed by atoms with E-state index in [2.05, 4.69) is 356 Å². The van der Waals surface area contributed by atoms with Crippen LogP contribution in [0.3, 0.4) is 0 Å². The Morgan fingerprint density at radius 2 is 0.431 bits per heavy atom. The molecule has 0 atom stereocenters. The molecule has 0 N–H and O–H groups in total. The zero-order chi connectivity index (χ0) is 71.4. The van der Waals surface area contributed by atoms with Crippen LogP contribution in [0.5, 0.6) is 0 Å². The van der Waals surface area contributed by atoms with E-state index in [4.69, 9.17) is 17.7 Å². The highest BCUT2D eigenvalue weighted by molar-refractivity contribution is 7.00. The Morgan fingerprint density at radius 3 is 0.752 bits per heavy atom. The smallest absolute Gasteiger partial charge is 0.252 e. The molecule has 0 saturated carbocycles. The predicted molar refractivity (Wildman–Crippen MR) is 453 cm³/mol. The molecule has 506 valence electrons. The Morgan fingerprint density at radius 1 is 0.183 bits per heavy atom. The molecular weight excluding hydrogens is 1330 g/mol. The molecule has 2 aliphatic heterocycles. The summed E-state index contributed by atoms with van der Waals surface area (Å²) < 4.78 is 26.1. The summed E-state index contributed by atoms with van der Waals surface area (Å²) in [6.45, 7) is -0.244. The number of hydrogen-bond donors (Lipinski definition) is 0. The molecule has 4 aromatic heterocycles. The predicted octanol–water partition coefficient (Wildman–Crippen LogP) is 26.7. The number of nitrogens with zero attached hydrogens (tertiary/aromatic N) is 2. The molecule has 6 heterocycles. The SMILES string of the molecule is c1ccc(-c2cccc3oc4ccccc4c23)c(-c2ccc(N3c4ccc(-c5ccccc5-c5cccc6oc7ccccc7c56)cc4B4c5cc(-c6ccccc6-c6cccc7oc8ccccc8c67)ccc5N(c5ccc(-c6ccccc6-c6cccc7oc8ccccc8c67)cc5)c5cccc3c54)cc2)c1. The molecule has 0 saturated heterocycles. The van der Waals surface area contributed by atoms with Gasteiger partial charge in [0.05, 0.1) is 0 Å². The molecular formula is C102H61BN2O4. The fourth-order valence-corrected chi connectivity index (χ4v) is 18.3. The minimum atomic E-state index is -0.244. The molecule has 109 heavy (non-hydrogen) atoms. The minimum Gasteiger partial charge on any atom is -0.456 e. The number of fused-ring (bicyclic) bond motifs is 16. The van der Waals surface area contributed by atoms with Crippen molar-refractivity contribution in [3.05, 3.63) is 370 Å². The van der Waals surface area contributed by atoms with E-state index in [-0.39, 0.29) is 6.71 Å². The van der Waals surface area contributed by atoms with Crippen molar-refractivity contribution in [2.45, 2.75) is 0 Å². The Labute approximate surface area is 627 Å². The third kappa shape index (κ3) is 9.37. The minimum absolute atomic E-state index is 0.244. The maximum absolute atomic E-state index is 6.58. The number of hydrogen-bond acceptors (Lipinski definition) is 6. The number of para-hydroxylation sites is 4. The van der Waals surface area contributed by atoms with Crippen LogP contribution >= 0.6 is 0 Å². The first-order valence-electron chi connectivity index (χ1n) is 37.3. The van der Waals surface area contributed by atoms with E-state index >= 15 is 0 Å². The average molecular weight is 1390 g/mol. The Bertz CT molecular complexity index is 6910. The molecule has 6 nitrogen and oxygen atoms in total. The molecule has 0 spiro atoms. The summed E-state index contributed by atoms with van der Waals surface area (Å²) in [4.78, 5) is 5.05. The van der Waals surface area contributed by atoms with Crippen LogP contribution in [0.4, 0.5) is 34.1 Å². The second-order valence-electron chi connectivity index (χ2n) is 28.7. The van der Waals surface area contributed by atoms with Gasteiger partial charge in [-0.25, -0.2) is 0 Å². The van der Waals surface area contributed by atoms with E-state index < -0.39 is 0 Å². The van der Waals surface area contributed by atoms with Crippen LogP contribution in [-0.2, 0) is 0 Å². The molecule has 17 aromatic carbocycles. The van der Waals surface area contributed by atoms with Crippen LogP contribution in [0.1, 0.15) is 0 Å². The lowest BCUT2D eigenvalue weighted by Crippen LogP contribution is -2.61. The van der Waals surface area contributed by atoms with Gasteiger partial charge in [0.1, 0.15) is 44.7 Å². The summed E-state index contributed by atoms with van der Waals surface area (Å²) in [7, 11) is 0. The molecule has 0 aliphatic carbocycles. The van der Waals surface area contributed by atoms with Gasteiger partial charge in [0.2, 0.25) is 0 Å². The van der Waals surface area contributed by atoms with Crippen molar-refractivity contribution in [2.24, 2.45) is 0 Å². The van der Waals surface area contributed by atoms with Gasteiger partial charge in [-0.15, -0.1) is 0 Å². The maximum Gasteiger partial charge on any atom is 0.252 e. The van der Waals surface area contributed by atoms with Crippen molar-refractivity contribution in [3.8, 4) is 89.0 Å². The zero-order valence-corrected chi connectivity index (χ0v) is 58.8. The standard InChI is InChI=1S/C102H61BN2O4/c1-5-26-72(76-34-17-44-94-98(76)80-30-9-13-40-90(80)106-94)68(22-1)62-48-54-66(55-49-62)104-86-58-52-64(70-24-3-7-28-74(70)78-36-19-46-96-100(78)82-32-11-15-42-92(82)108-96)60-84(86)103-85-61-65(71-25-4-8-29-75(71)79-37-20-47-97-101(79)83-33-12-16-43-93(83)109-97)53-59-87(85)105(89-39-21-38-88(104)102(89)103)67-56-50-63(51-57-67)69-23-2-6-27-73(69)77-35-18-45-95-99(77)81-31-10-14-41-91(81)107-95/h1-61H. The first kappa shape index (κ1) is 61.0. The third-order valence-corrected chi connectivity index (χ3v) is 23.0. The van der Waals surface area contributed by atoms with Gasteiger partial charge in [-0.1, -0.05) is 273 Å². The first-order valence-corrected chi connectivity index (χ1v) is 37.3. The van der Waals surface area contributed by atoms with Gasteiger partial charge in [0.15, 0.2) is 0 Å². The van der Waals surface area contributed by atoms with Gasteiger partial charge in [-0.05, 0) is 202 Å². The van der Waals surface area contributed by atoms with Crippen LogP contribution in [0.15, 0.2) is 388 Å². The molecule has 0 fully saturated rings. The van der Waals surface area contributed by atoms with Crippen molar-refractivity contribution in [3.63, 3.8) is 0 Å². The molecule has 2 aliphatic rings. The van der Waals surface area contributed by atoms with Crippen molar-refractivity contribution < 1.29 is 17.7 Å². The van der Waals surface area contributed by atoms with Gasteiger partial charge >= 0.3 is 0 Å². The summed E-state index contributed by atoms with van der Waals surface area (Å²) >= 11 is 0. The van der Waals surface area contributed by atoms with Crippen molar-refractivity contribution in [1.82, 2.24) is 0 Å². The lowest BCUT2D eigenvalue weighted by molar-refractivity contribution is 0.668. The number of rotatable bonds is 10. The fraction of sp³-hybridized carbons (Fsp3) is 0. The van der Waals surface area contributed by atoms with Crippen LogP contribution in [0, 0.1) is 0 Å². The average Bonchev–Trinajstić information content (AvgIpc) is 1.44. The molecule has 7 heteroatoms. The molecule has 0 radical (unpaired) electrons. The highest BCUT2D eigenvalue weighted by Gasteiger charge is 2.44. The Balaban J connectivity index is 0.738. The summed E-state index contributed by atoms with van der Waals surface area (Å²) in [6, 6.07) is 135. The lowest BCUT2D eigenvalue weighted by Gasteiger charge is -2.44. The monoisotopic (exact) mass is 1390 g/mol. The molecule has 23 rings (SSSR count). The second kappa shape index (κ2) is 24.1. The first-order chi connectivity index (χ1) is 54.1. The van der Waals surface area contributed by atoms with Crippen LogP contribution in [0.2, 0.25) is 0 Å². The van der Waals surface area contributed by atoms with E-state index in [1.807, 2.05) is 24.3 Å². The highest BCUT2D eigenvalue weighted by Crippen LogP contribution is 2.51. The van der Waals surface area contributed by atoms with Gasteiger partial charge in [-0.2, -0.15) is 0 Å². The lowest BCUT2D eigenvalue weighted by atomic mass is 9.33. The quantitative estimate of drug-likeness (QED) is 0.127. The van der Waals surface area contributed by atoms with E-state index in [1.165, 1.54) is 16.4 Å². The van der Waals surface area contributed by atoms with Crippen LogP contribution in [0.25, 0.3) is 177 Å². The van der Waals surface area contributed by atoms with E-state index in [0.717, 1.165) is 211 Å². The molecule has 0 bridgehead atoms. The summed E-state index contributed by atoms with van der Waals surface area (Å²) in [6.07, 6.45) is 0. The van der Waals surface area contributed by atoms with Gasteiger partial charge in [0, 0.05) is 77.2 Å². The van der Waals surface area contributed by atoms with Crippen LogP contribution < -0.4 is 26.2 Å². The van der Waals surface area contributed by atoms with Crippen molar-refractivity contribution in [1.29, 1.82) is 0 Å². The van der Waals surface area contributed by atoms with Crippen molar-refractivity contribution in [2.75, 3.05) is 9.80 Å². The Kier molecular flexibility index (Phi) is 13.5. The summed E-state index contributed by atoms with van der Waals surface area (Å²) in [5.74, 6) is 0. The third-order valence-electron chi connectivity index (χ3n) is 23.0. The highest BCUT2D eigenvalue weighted by atomic mass is 16.3. The normalized spacial score (nSPS) is 12.5. The van der Waals surface area contributed by atoms with Crippen molar-refractivity contribution >= 4 is 145 Å².